The molecule has 4 heterocycles. The Morgan fingerprint density at radius 1 is 1.15 bits per heavy atom. The van der Waals surface area contributed by atoms with Crippen molar-refractivity contribution in [3.05, 3.63) is 70.7 Å². The zero-order chi connectivity index (χ0) is 17.9. The first-order valence-corrected chi connectivity index (χ1v) is 8.32. The quantitative estimate of drug-likeness (QED) is 0.674. The SMILES string of the molecule is O=C(c1ccncc1)N1CCCn2c(nc(Cn3cncn3)cc2=O)C1. The summed E-state index contributed by atoms with van der Waals surface area (Å²) in [7, 11) is 0. The van der Waals surface area contributed by atoms with Crippen LogP contribution in [0.4, 0.5) is 0 Å². The largest absolute Gasteiger partial charge is 0.331 e. The number of hydrogen-bond acceptors (Lipinski definition) is 6. The number of rotatable bonds is 3. The minimum atomic E-state index is -0.108. The Kier molecular flexibility index (Phi) is 4.26. The van der Waals surface area contributed by atoms with Crippen molar-refractivity contribution in [3.8, 4) is 0 Å². The molecular formula is C17H17N7O2. The van der Waals surface area contributed by atoms with Crippen LogP contribution in [0.25, 0.3) is 0 Å². The molecule has 1 aliphatic rings. The predicted octanol–water partition coefficient (Wildman–Crippen LogP) is 0.324. The molecule has 3 aromatic rings. The van der Waals surface area contributed by atoms with E-state index >= 15 is 0 Å². The van der Waals surface area contributed by atoms with Crippen molar-refractivity contribution in [2.24, 2.45) is 0 Å². The van der Waals surface area contributed by atoms with Crippen LogP contribution in [-0.2, 0) is 19.6 Å². The molecule has 0 unspecified atom stereocenters. The molecule has 0 atom stereocenters. The monoisotopic (exact) mass is 351 g/mol. The second kappa shape index (κ2) is 6.87. The van der Waals surface area contributed by atoms with E-state index in [9.17, 15) is 9.59 Å². The molecule has 0 radical (unpaired) electrons. The topological polar surface area (TPSA) is 98.8 Å². The summed E-state index contributed by atoms with van der Waals surface area (Å²) in [6.45, 7) is 1.77. The highest BCUT2D eigenvalue weighted by Gasteiger charge is 2.22. The van der Waals surface area contributed by atoms with Gasteiger partial charge in [-0.3, -0.25) is 19.1 Å². The van der Waals surface area contributed by atoms with Crippen molar-refractivity contribution in [1.29, 1.82) is 0 Å². The molecule has 9 heteroatoms. The maximum atomic E-state index is 12.7. The average molecular weight is 351 g/mol. The Labute approximate surface area is 149 Å². The first-order chi connectivity index (χ1) is 12.7. The molecule has 0 aliphatic carbocycles. The third kappa shape index (κ3) is 3.23. The summed E-state index contributed by atoms with van der Waals surface area (Å²) >= 11 is 0. The lowest BCUT2D eigenvalue weighted by atomic mass is 10.2. The average Bonchev–Trinajstić information content (AvgIpc) is 3.06. The van der Waals surface area contributed by atoms with Crippen LogP contribution < -0.4 is 5.56 Å². The van der Waals surface area contributed by atoms with E-state index in [4.69, 9.17) is 0 Å². The first kappa shape index (κ1) is 16.1. The van der Waals surface area contributed by atoms with Gasteiger partial charge in [0.2, 0.25) is 0 Å². The molecule has 4 rings (SSSR count). The highest BCUT2D eigenvalue weighted by atomic mass is 16.2. The van der Waals surface area contributed by atoms with Crippen molar-refractivity contribution in [2.75, 3.05) is 6.54 Å². The number of aromatic nitrogens is 6. The molecule has 0 saturated carbocycles. The van der Waals surface area contributed by atoms with E-state index in [1.165, 1.54) is 12.4 Å². The van der Waals surface area contributed by atoms with Crippen LogP contribution in [0.2, 0.25) is 0 Å². The summed E-state index contributed by atoms with van der Waals surface area (Å²) in [5.74, 6) is 0.504. The van der Waals surface area contributed by atoms with Crippen molar-refractivity contribution in [1.82, 2.24) is 34.2 Å². The Hall–Kier alpha value is -3.36. The normalized spacial score (nSPS) is 13.9. The minimum Gasteiger partial charge on any atom is -0.331 e. The smallest absolute Gasteiger partial charge is 0.254 e. The Balaban J connectivity index is 1.63. The number of carbonyl (C=O) groups excluding carboxylic acids is 1. The third-order valence-corrected chi connectivity index (χ3v) is 4.29. The van der Waals surface area contributed by atoms with Crippen LogP contribution in [0.5, 0.6) is 0 Å². The van der Waals surface area contributed by atoms with Crippen LogP contribution in [0.3, 0.4) is 0 Å². The molecule has 0 saturated heterocycles. The number of carbonyl (C=O) groups is 1. The predicted molar refractivity (Wildman–Crippen MR) is 91.2 cm³/mol. The summed E-state index contributed by atoms with van der Waals surface area (Å²) in [5, 5.41) is 4.04. The van der Waals surface area contributed by atoms with Gasteiger partial charge < -0.3 is 4.90 Å². The lowest BCUT2D eigenvalue weighted by Crippen LogP contribution is -2.32. The fraction of sp³-hybridized carbons (Fsp3) is 0.294. The number of fused-ring (bicyclic) bond motifs is 1. The molecule has 0 spiro atoms. The summed E-state index contributed by atoms with van der Waals surface area (Å²) in [6, 6.07) is 4.90. The Morgan fingerprint density at radius 3 is 2.77 bits per heavy atom. The molecule has 132 valence electrons. The van der Waals surface area contributed by atoms with Gasteiger partial charge in [-0.25, -0.2) is 14.6 Å². The van der Waals surface area contributed by atoms with Crippen LogP contribution in [0.15, 0.2) is 48.0 Å². The Bertz CT molecular complexity index is 967. The summed E-state index contributed by atoms with van der Waals surface area (Å²) < 4.78 is 3.25. The van der Waals surface area contributed by atoms with E-state index in [1.807, 2.05) is 0 Å². The molecular weight excluding hydrogens is 334 g/mol. The van der Waals surface area contributed by atoms with Crippen LogP contribution in [0, 0.1) is 0 Å². The van der Waals surface area contributed by atoms with E-state index in [-0.39, 0.29) is 11.5 Å². The van der Waals surface area contributed by atoms with Gasteiger partial charge in [0.15, 0.2) is 0 Å². The first-order valence-electron chi connectivity index (χ1n) is 8.32. The molecule has 0 N–H and O–H groups in total. The molecule has 0 aromatic carbocycles. The fourth-order valence-corrected chi connectivity index (χ4v) is 3.05. The molecule has 9 nitrogen and oxygen atoms in total. The van der Waals surface area contributed by atoms with Crippen LogP contribution in [0.1, 0.15) is 28.3 Å². The van der Waals surface area contributed by atoms with Gasteiger partial charge in [-0.05, 0) is 18.6 Å². The highest BCUT2D eigenvalue weighted by Crippen LogP contribution is 2.13. The van der Waals surface area contributed by atoms with Gasteiger partial charge in [-0.1, -0.05) is 0 Å². The van der Waals surface area contributed by atoms with Crippen LogP contribution >= 0.6 is 0 Å². The molecule has 26 heavy (non-hydrogen) atoms. The van der Waals surface area contributed by atoms with Gasteiger partial charge in [-0.15, -0.1) is 0 Å². The van der Waals surface area contributed by atoms with E-state index in [2.05, 4.69) is 20.1 Å². The Morgan fingerprint density at radius 2 is 2.00 bits per heavy atom. The molecule has 0 fully saturated rings. The van der Waals surface area contributed by atoms with Crippen LogP contribution in [-0.4, -0.2) is 46.7 Å². The second-order valence-electron chi connectivity index (χ2n) is 6.06. The zero-order valence-electron chi connectivity index (χ0n) is 14.0. The second-order valence-corrected chi connectivity index (χ2v) is 6.06. The van der Waals surface area contributed by atoms with E-state index in [1.54, 1.807) is 45.0 Å². The summed E-state index contributed by atoms with van der Waals surface area (Å²) in [6.07, 6.45) is 6.90. The zero-order valence-corrected chi connectivity index (χ0v) is 14.0. The highest BCUT2D eigenvalue weighted by molar-refractivity contribution is 5.94. The van der Waals surface area contributed by atoms with Gasteiger partial charge >= 0.3 is 0 Å². The molecule has 1 aliphatic heterocycles. The number of pyridine rings is 1. The van der Waals surface area contributed by atoms with Gasteiger partial charge in [0, 0.05) is 37.1 Å². The summed E-state index contributed by atoms with van der Waals surface area (Å²) in [5.41, 5.74) is 1.07. The lowest BCUT2D eigenvalue weighted by Gasteiger charge is -2.20. The van der Waals surface area contributed by atoms with Crippen molar-refractivity contribution < 1.29 is 4.79 Å². The standard InChI is InChI=1S/C17H17N7O2/c25-16-8-14(9-23-12-19-11-20-23)21-15-10-22(6-1-7-24(15)16)17(26)13-2-4-18-5-3-13/h2-5,8,11-12H,1,6-7,9-10H2. The van der Waals surface area contributed by atoms with Crippen molar-refractivity contribution >= 4 is 5.91 Å². The molecule has 3 aromatic heterocycles. The third-order valence-electron chi connectivity index (χ3n) is 4.29. The van der Waals surface area contributed by atoms with Crippen molar-refractivity contribution in [2.45, 2.75) is 26.1 Å². The van der Waals surface area contributed by atoms with Gasteiger partial charge in [0.05, 0.1) is 18.8 Å². The minimum absolute atomic E-state index is 0.0863. The molecule has 1 amide bonds. The maximum absolute atomic E-state index is 12.7. The summed E-state index contributed by atoms with van der Waals surface area (Å²) in [4.78, 5) is 39.4. The van der Waals surface area contributed by atoms with E-state index in [0.29, 0.717) is 49.7 Å². The number of hydrogen-bond donors (Lipinski definition) is 0. The van der Waals surface area contributed by atoms with Gasteiger partial charge in [0.25, 0.3) is 11.5 Å². The van der Waals surface area contributed by atoms with E-state index in [0.717, 1.165) is 0 Å². The number of nitrogens with zero attached hydrogens (tertiary/aromatic N) is 7. The van der Waals surface area contributed by atoms with Gasteiger partial charge in [-0.2, -0.15) is 5.10 Å². The fourth-order valence-electron chi connectivity index (χ4n) is 3.05. The lowest BCUT2D eigenvalue weighted by molar-refractivity contribution is 0.0743. The van der Waals surface area contributed by atoms with Gasteiger partial charge in [0.1, 0.15) is 18.5 Å². The maximum Gasteiger partial charge on any atom is 0.254 e. The number of amides is 1. The van der Waals surface area contributed by atoms with Crippen molar-refractivity contribution in [3.63, 3.8) is 0 Å². The van der Waals surface area contributed by atoms with E-state index < -0.39 is 0 Å². The molecule has 0 bridgehead atoms.